The molecule has 1 heteroatoms. The van der Waals surface area contributed by atoms with Crippen LogP contribution in [0.25, 0.3) is 0 Å². The lowest BCUT2D eigenvalue weighted by Gasteiger charge is -2.20. The molecule has 0 bridgehead atoms. The zero-order valence-electron chi connectivity index (χ0n) is 7.83. The van der Waals surface area contributed by atoms with Crippen molar-refractivity contribution in [1.82, 2.24) is 0 Å². The van der Waals surface area contributed by atoms with Gasteiger partial charge in [0.2, 0.25) is 0 Å². The summed E-state index contributed by atoms with van der Waals surface area (Å²) in [5.74, 6) is 0.542. The van der Waals surface area contributed by atoms with E-state index < -0.39 is 0 Å². The number of allylic oxidation sites excluding steroid dienone is 1. The van der Waals surface area contributed by atoms with Crippen molar-refractivity contribution in [3.05, 3.63) is 48.0 Å². The number of benzene rings is 1. The van der Waals surface area contributed by atoms with Crippen molar-refractivity contribution in [2.75, 3.05) is 6.54 Å². The minimum atomic E-state index is 0.542. The molecule has 1 heterocycles. The van der Waals surface area contributed by atoms with Crippen LogP contribution in [0.3, 0.4) is 0 Å². The largest absolute Gasteiger partial charge is 0.284 e. The second-order valence-electron chi connectivity index (χ2n) is 3.42. The maximum Gasteiger partial charge on any atom is 0.0643 e. The molecule has 0 saturated carbocycles. The molecule has 1 aromatic carbocycles. The fraction of sp³-hybridized carbons (Fsp3) is 0.250. The second-order valence-corrected chi connectivity index (χ2v) is 3.42. The molecule has 66 valence electrons. The quantitative estimate of drug-likeness (QED) is 0.616. The first-order chi connectivity index (χ1) is 6.33. The zero-order valence-corrected chi connectivity index (χ0v) is 7.83. The minimum absolute atomic E-state index is 0.542. The molecule has 0 N–H and O–H groups in total. The Morgan fingerprint density at radius 1 is 1.46 bits per heavy atom. The number of aliphatic imine (C=N–C) groups is 1. The van der Waals surface area contributed by atoms with Gasteiger partial charge in [-0.1, -0.05) is 37.8 Å². The van der Waals surface area contributed by atoms with Gasteiger partial charge in [0.1, 0.15) is 0 Å². The zero-order chi connectivity index (χ0) is 9.26. The minimum Gasteiger partial charge on any atom is -0.284 e. The van der Waals surface area contributed by atoms with Crippen LogP contribution in [-0.2, 0) is 0 Å². The van der Waals surface area contributed by atoms with E-state index in [9.17, 15) is 0 Å². The van der Waals surface area contributed by atoms with E-state index in [1.165, 1.54) is 11.1 Å². The lowest BCUT2D eigenvalue weighted by atomic mass is 9.90. The number of rotatable bonds is 1. The van der Waals surface area contributed by atoms with Gasteiger partial charge in [-0.2, -0.15) is 0 Å². The van der Waals surface area contributed by atoms with Crippen LogP contribution in [0, 0.1) is 0 Å². The van der Waals surface area contributed by atoms with Gasteiger partial charge in [0.15, 0.2) is 0 Å². The molecule has 1 aromatic rings. The van der Waals surface area contributed by atoms with E-state index in [1.54, 1.807) is 0 Å². The van der Waals surface area contributed by atoms with Crippen molar-refractivity contribution in [1.29, 1.82) is 0 Å². The van der Waals surface area contributed by atoms with E-state index >= 15 is 0 Å². The number of fused-ring (bicyclic) bond motifs is 1. The monoisotopic (exact) mass is 171 g/mol. The predicted molar refractivity (Wildman–Crippen MR) is 56.5 cm³/mol. The van der Waals surface area contributed by atoms with Gasteiger partial charge >= 0.3 is 0 Å². The molecule has 0 aliphatic carbocycles. The van der Waals surface area contributed by atoms with E-state index in [4.69, 9.17) is 0 Å². The molecule has 1 nitrogen and oxygen atoms in total. The first kappa shape index (κ1) is 8.24. The van der Waals surface area contributed by atoms with E-state index in [0.717, 1.165) is 12.3 Å². The van der Waals surface area contributed by atoms with Gasteiger partial charge in [-0.3, -0.25) is 4.99 Å². The van der Waals surface area contributed by atoms with Crippen LogP contribution in [0.2, 0.25) is 0 Å². The summed E-state index contributed by atoms with van der Waals surface area (Å²) in [4.78, 5) is 4.47. The van der Waals surface area contributed by atoms with Crippen LogP contribution in [0.1, 0.15) is 24.0 Å². The molecule has 0 amide bonds. The van der Waals surface area contributed by atoms with Gasteiger partial charge in [-0.25, -0.2) is 0 Å². The average Bonchev–Trinajstić information content (AvgIpc) is 2.19. The van der Waals surface area contributed by atoms with Crippen molar-refractivity contribution in [3.63, 3.8) is 0 Å². The Morgan fingerprint density at radius 3 is 3.00 bits per heavy atom. The lowest BCUT2D eigenvalue weighted by molar-refractivity contribution is 0.762. The standard InChI is InChI=1S/C12H13N/c1-3-12-11-7-5-4-6-10(11)9(2)8-13-12/h3-7,9H,1,8H2,2H3/t9-/m1/s1. The number of nitrogens with zero attached hydrogens (tertiary/aromatic N) is 1. The molecule has 2 rings (SSSR count). The first-order valence-corrected chi connectivity index (χ1v) is 4.59. The third-order valence-electron chi connectivity index (χ3n) is 2.50. The van der Waals surface area contributed by atoms with E-state index in [0.29, 0.717) is 5.92 Å². The Labute approximate surface area is 78.8 Å². The summed E-state index contributed by atoms with van der Waals surface area (Å²) in [5.41, 5.74) is 3.68. The molecule has 13 heavy (non-hydrogen) atoms. The van der Waals surface area contributed by atoms with Gasteiger partial charge in [-0.15, -0.1) is 0 Å². The SMILES string of the molecule is C=CC1=NC[C@@H](C)c2ccccc21. The summed E-state index contributed by atoms with van der Waals surface area (Å²) in [6.07, 6.45) is 1.84. The predicted octanol–water partition coefficient (Wildman–Crippen LogP) is 2.78. The lowest BCUT2D eigenvalue weighted by Crippen LogP contribution is -2.13. The first-order valence-electron chi connectivity index (χ1n) is 4.59. The van der Waals surface area contributed by atoms with Gasteiger partial charge in [0.25, 0.3) is 0 Å². The smallest absolute Gasteiger partial charge is 0.0643 e. The van der Waals surface area contributed by atoms with Crippen molar-refractivity contribution in [2.45, 2.75) is 12.8 Å². The van der Waals surface area contributed by atoms with Crippen molar-refractivity contribution < 1.29 is 0 Å². The molecule has 0 saturated heterocycles. The molecule has 0 radical (unpaired) electrons. The molecule has 1 atom stereocenters. The summed E-state index contributed by atoms with van der Waals surface area (Å²) in [7, 11) is 0. The second kappa shape index (κ2) is 3.17. The van der Waals surface area contributed by atoms with Crippen LogP contribution < -0.4 is 0 Å². The fourth-order valence-electron chi connectivity index (χ4n) is 1.75. The molecular weight excluding hydrogens is 158 g/mol. The summed E-state index contributed by atoms with van der Waals surface area (Å²) in [6, 6.07) is 8.43. The molecule has 0 spiro atoms. The Morgan fingerprint density at radius 2 is 2.23 bits per heavy atom. The maximum atomic E-state index is 4.47. The van der Waals surface area contributed by atoms with Gasteiger partial charge in [0.05, 0.1) is 5.71 Å². The van der Waals surface area contributed by atoms with Gasteiger partial charge < -0.3 is 0 Å². The molecule has 0 aromatic heterocycles. The Balaban J connectivity index is 2.58. The number of hydrogen-bond donors (Lipinski definition) is 0. The molecule has 0 unspecified atom stereocenters. The van der Waals surface area contributed by atoms with E-state index in [1.807, 2.05) is 6.08 Å². The summed E-state index contributed by atoms with van der Waals surface area (Å²) in [6.45, 7) is 6.88. The normalized spacial score (nSPS) is 20.4. The fourth-order valence-corrected chi connectivity index (χ4v) is 1.75. The van der Waals surface area contributed by atoms with Crippen molar-refractivity contribution in [2.24, 2.45) is 4.99 Å². The molecule has 1 aliphatic rings. The summed E-state index contributed by atoms with van der Waals surface area (Å²) < 4.78 is 0. The van der Waals surface area contributed by atoms with Crippen molar-refractivity contribution >= 4 is 5.71 Å². The Kier molecular flexibility index (Phi) is 2.01. The molecular formula is C12H13N. The van der Waals surface area contributed by atoms with Gasteiger partial charge in [0, 0.05) is 18.0 Å². The topological polar surface area (TPSA) is 12.4 Å². The number of hydrogen-bond acceptors (Lipinski definition) is 1. The summed E-state index contributed by atoms with van der Waals surface area (Å²) in [5, 5.41) is 0. The maximum absolute atomic E-state index is 4.47. The molecule has 0 fully saturated rings. The van der Waals surface area contributed by atoms with Crippen LogP contribution in [-0.4, -0.2) is 12.3 Å². The highest BCUT2D eigenvalue weighted by molar-refractivity contribution is 6.10. The molecule has 1 aliphatic heterocycles. The third-order valence-corrected chi connectivity index (χ3v) is 2.50. The highest BCUT2D eigenvalue weighted by atomic mass is 14.8. The Bertz CT molecular complexity index is 363. The summed E-state index contributed by atoms with van der Waals surface area (Å²) >= 11 is 0. The third kappa shape index (κ3) is 1.31. The average molecular weight is 171 g/mol. The van der Waals surface area contributed by atoms with Crippen LogP contribution in [0.4, 0.5) is 0 Å². The van der Waals surface area contributed by atoms with E-state index in [2.05, 4.69) is 42.8 Å². The van der Waals surface area contributed by atoms with Crippen molar-refractivity contribution in [3.8, 4) is 0 Å². The van der Waals surface area contributed by atoms with Crippen LogP contribution in [0.15, 0.2) is 41.9 Å². The highest BCUT2D eigenvalue weighted by Gasteiger charge is 2.16. The van der Waals surface area contributed by atoms with Gasteiger partial charge in [-0.05, 0) is 11.6 Å². The van der Waals surface area contributed by atoms with E-state index in [-0.39, 0.29) is 0 Å². The highest BCUT2D eigenvalue weighted by Crippen LogP contribution is 2.25. The van der Waals surface area contributed by atoms with Crippen LogP contribution >= 0.6 is 0 Å². The Hall–Kier alpha value is -1.37. The van der Waals surface area contributed by atoms with Crippen LogP contribution in [0.5, 0.6) is 0 Å².